The SMILES string of the molecule is N#CC(C#N)=C(SCc1ccc(Cl)cc1)SCc1ccc(Cl)cc1. The summed E-state index contributed by atoms with van der Waals surface area (Å²) in [6, 6.07) is 19.0. The van der Waals surface area contributed by atoms with Gasteiger partial charge in [0.05, 0.1) is 4.24 Å². The van der Waals surface area contributed by atoms with Crippen molar-refractivity contribution < 1.29 is 0 Å². The average molecular weight is 391 g/mol. The second-order valence-electron chi connectivity index (χ2n) is 4.72. The molecule has 0 aliphatic carbocycles. The van der Waals surface area contributed by atoms with Crippen molar-refractivity contribution in [3.05, 3.63) is 79.5 Å². The predicted molar refractivity (Wildman–Crippen MR) is 104 cm³/mol. The molecule has 0 aliphatic rings. The topological polar surface area (TPSA) is 47.6 Å². The van der Waals surface area contributed by atoms with Crippen LogP contribution in [0.25, 0.3) is 0 Å². The fourth-order valence-electron chi connectivity index (χ4n) is 1.76. The molecule has 0 amide bonds. The van der Waals surface area contributed by atoms with Crippen LogP contribution in [0.4, 0.5) is 0 Å². The van der Waals surface area contributed by atoms with Gasteiger partial charge in [0.2, 0.25) is 0 Å². The van der Waals surface area contributed by atoms with Gasteiger partial charge in [0.15, 0.2) is 0 Å². The largest absolute Gasteiger partial charge is 0.192 e. The van der Waals surface area contributed by atoms with E-state index in [-0.39, 0.29) is 5.57 Å². The number of halogens is 2. The van der Waals surface area contributed by atoms with Crippen LogP contribution in [0.15, 0.2) is 58.3 Å². The minimum Gasteiger partial charge on any atom is -0.192 e. The van der Waals surface area contributed by atoms with Crippen LogP contribution in [0, 0.1) is 22.7 Å². The van der Waals surface area contributed by atoms with Crippen molar-refractivity contribution >= 4 is 46.7 Å². The fraction of sp³-hybridized carbons (Fsp3) is 0.111. The summed E-state index contributed by atoms with van der Waals surface area (Å²) in [6.45, 7) is 0. The van der Waals surface area contributed by atoms with Crippen molar-refractivity contribution in [3.63, 3.8) is 0 Å². The Morgan fingerprint density at radius 2 is 1.12 bits per heavy atom. The van der Waals surface area contributed by atoms with Crippen molar-refractivity contribution in [1.29, 1.82) is 10.5 Å². The zero-order chi connectivity index (χ0) is 17.4. The van der Waals surface area contributed by atoms with Crippen LogP contribution in [0.2, 0.25) is 10.0 Å². The third-order valence-electron chi connectivity index (χ3n) is 2.99. The molecule has 2 aromatic rings. The Morgan fingerprint density at radius 1 is 0.750 bits per heavy atom. The maximum Gasteiger partial charge on any atom is 0.149 e. The van der Waals surface area contributed by atoms with Gasteiger partial charge in [0.1, 0.15) is 17.7 Å². The highest BCUT2D eigenvalue weighted by atomic mass is 35.5. The molecule has 0 radical (unpaired) electrons. The van der Waals surface area contributed by atoms with E-state index in [0.29, 0.717) is 21.6 Å². The van der Waals surface area contributed by atoms with Gasteiger partial charge in [-0.05, 0) is 35.4 Å². The van der Waals surface area contributed by atoms with Crippen LogP contribution in [-0.4, -0.2) is 0 Å². The minimum absolute atomic E-state index is 0.146. The molecule has 0 aromatic heterocycles. The number of nitriles is 2. The van der Waals surface area contributed by atoms with Crippen LogP contribution in [-0.2, 0) is 11.5 Å². The molecule has 0 N–H and O–H groups in total. The number of hydrogen-bond acceptors (Lipinski definition) is 4. The molecule has 0 heterocycles. The summed E-state index contributed by atoms with van der Waals surface area (Å²) in [4.78, 5) is 0. The van der Waals surface area contributed by atoms with E-state index in [4.69, 9.17) is 23.2 Å². The number of rotatable bonds is 6. The van der Waals surface area contributed by atoms with Gasteiger partial charge in [-0.1, -0.05) is 47.5 Å². The molecule has 24 heavy (non-hydrogen) atoms. The predicted octanol–water partition coefficient (Wildman–Crippen LogP) is 6.42. The molecule has 0 unspecified atom stereocenters. The van der Waals surface area contributed by atoms with E-state index in [0.717, 1.165) is 15.4 Å². The second-order valence-corrected chi connectivity index (χ2v) is 7.82. The highest BCUT2D eigenvalue weighted by Crippen LogP contribution is 2.36. The van der Waals surface area contributed by atoms with Crippen LogP contribution in [0.5, 0.6) is 0 Å². The Morgan fingerprint density at radius 3 is 1.46 bits per heavy atom. The molecule has 0 spiro atoms. The molecule has 0 saturated carbocycles. The third kappa shape index (κ3) is 5.82. The van der Waals surface area contributed by atoms with Crippen molar-refractivity contribution in [2.45, 2.75) is 11.5 Å². The van der Waals surface area contributed by atoms with Gasteiger partial charge in [-0.2, -0.15) is 10.5 Å². The van der Waals surface area contributed by atoms with Crippen LogP contribution in [0.3, 0.4) is 0 Å². The average Bonchev–Trinajstić information content (AvgIpc) is 2.60. The highest BCUT2D eigenvalue weighted by Gasteiger charge is 2.09. The van der Waals surface area contributed by atoms with E-state index in [9.17, 15) is 10.5 Å². The molecule has 2 nitrogen and oxygen atoms in total. The molecular formula is C18H12Cl2N2S2. The summed E-state index contributed by atoms with van der Waals surface area (Å²) in [6.07, 6.45) is 0. The summed E-state index contributed by atoms with van der Waals surface area (Å²) in [5, 5.41) is 19.7. The number of allylic oxidation sites excluding steroid dienone is 1. The molecule has 0 aliphatic heterocycles. The van der Waals surface area contributed by atoms with Crippen LogP contribution >= 0.6 is 46.7 Å². The first-order valence-corrected chi connectivity index (χ1v) is 9.64. The zero-order valence-electron chi connectivity index (χ0n) is 12.5. The zero-order valence-corrected chi connectivity index (χ0v) is 15.6. The first-order valence-electron chi connectivity index (χ1n) is 6.91. The Balaban J connectivity index is 2.07. The maximum atomic E-state index is 9.17. The lowest BCUT2D eigenvalue weighted by atomic mass is 10.2. The van der Waals surface area contributed by atoms with Crippen LogP contribution in [0.1, 0.15) is 11.1 Å². The van der Waals surface area contributed by atoms with E-state index >= 15 is 0 Å². The van der Waals surface area contributed by atoms with E-state index in [1.807, 2.05) is 60.7 Å². The lowest BCUT2D eigenvalue weighted by Gasteiger charge is -2.08. The monoisotopic (exact) mass is 390 g/mol. The van der Waals surface area contributed by atoms with E-state index in [1.165, 1.54) is 23.5 Å². The van der Waals surface area contributed by atoms with Gasteiger partial charge in [-0.25, -0.2) is 0 Å². The number of hydrogen-bond donors (Lipinski definition) is 0. The fourth-order valence-corrected chi connectivity index (χ4v) is 4.15. The van der Waals surface area contributed by atoms with Crippen molar-refractivity contribution in [3.8, 4) is 12.1 Å². The molecule has 120 valence electrons. The van der Waals surface area contributed by atoms with Gasteiger partial charge >= 0.3 is 0 Å². The lowest BCUT2D eigenvalue weighted by molar-refractivity contribution is 1.41. The second kappa shape index (κ2) is 9.67. The number of nitrogens with zero attached hydrogens (tertiary/aromatic N) is 2. The molecule has 6 heteroatoms. The van der Waals surface area contributed by atoms with Gasteiger partial charge < -0.3 is 0 Å². The number of benzene rings is 2. The Bertz CT molecular complexity index is 733. The van der Waals surface area contributed by atoms with E-state index in [2.05, 4.69) is 0 Å². The molecular weight excluding hydrogens is 379 g/mol. The van der Waals surface area contributed by atoms with E-state index < -0.39 is 0 Å². The van der Waals surface area contributed by atoms with Crippen molar-refractivity contribution in [2.75, 3.05) is 0 Å². The summed E-state index contributed by atoms with van der Waals surface area (Å²) >= 11 is 14.7. The summed E-state index contributed by atoms with van der Waals surface area (Å²) in [5.41, 5.74) is 2.32. The molecule has 0 bridgehead atoms. The first kappa shape index (κ1) is 18.8. The third-order valence-corrected chi connectivity index (χ3v) is 6.09. The summed E-state index contributed by atoms with van der Waals surface area (Å²) < 4.78 is 0.727. The highest BCUT2D eigenvalue weighted by molar-refractivity contribution is 8.21. The Labute approximate surface area is 160 Å². The summed E-state index contributed by atoms with van der Waals surface area (Å²) in [5.74, 6) is 1.35. The first-order chi connectivity index (χ1) is 11.6. The lowest BCUT2D eigenvalue weighted by Crippen LogP contribution is -1.86. The van der Waals surface area contributed by atoms with E-state index in [1.54, 1.807) is 0 Å². The van der Waals surface area contributed by atoms with Gasteiger partial charge in [-0.3, -0.25) is 0 Å². The van der Waals surface area contributed by atoms with Crippen LogP contribution < -0.4 is 0 Å². The quantitative estimate of drug-likeness (QED) is 0.533. The minimum atomic E-state index is 0.146. The Hall–Kier alpha value is -1.56. The Kier molecular flexibility index (Phi) is 7.56. The molecule has 0 fully saturated rings. The number of thioether (sulfide) groups is 2. The summed E-state index contributed by atoms with van der Waals surface area (Å²) in [7, 11) is 0. The van der Waals surface area contributed by atoms with Gasteiger partial charge in [-0.15, -0.1) is 23.5 Å². The standard InChI is InChI=1S/C18H12Cl2N2S2/c19-16-5-1-13(2-6-16)11-23-18(15(9-21)10-22)24-12-14-3-7-17(20)8-4-14/h1-8H,11-12H2. The van der Waals surface area contributed by atoms with Crippen molar-refractivity contribution in [1.82, 2.24) is 0 Å². The van der Waals surface area contributed by atoms with Crippen molar-refractivity contribution in [2.24, 2.45) is 0 Å². The molecule has 0 saturated heterocycles. The normalized spacial score (nSPS) is 9.83. The van der Waals surface area contributed by atoms with Gasteiger partial charge in [0, 0.05) is 21.6 Å². The smallest absolute Gasteiger partial charge is 0.149 e. The molecule has 0 atom stereocenters. The molecule has 2 rings (SSSR count). The molecule has 2 aromatic carbocycles. The van der Waals surface area contributed by atoms with Gasteiger partial charge in [0.25, 0.3) is 0 Å². The maximum absolute atomic E-state index is 9.17.